The van der Waals surface area contributed by atoms with Crippen LogP contribution in [0.2, 0.25) is 0 Å². The lowest BCUT2D eigenvalue weighted by molar-refractivity contribution is -0.140. The molecular weight excluding hydrogens is 236 g/mol. The number of carboxylic acid groups (broad SMARTS) is 1. The van der Waals surface area contributed by atoms with Crippen LogP contribution in [0.4, 0.5) is 0 Å². The van der Waals surface area contributed by atoms with Gasteiger partial charge in [0.05, 0.1) is 6.42 Å². The summed E-state index contributed by atoms with van der Waals surface area (Å²) >= 11 is 0. The van der Waals surface area contributed by atoms with Crippen molar-refractivity contribution in [2.45, 2.75) is 19.4 Å². The lowest BCUT2D eigenvalue weighted by Gasteiger charge is -2.13. The van der Waals surface area contributed by atoms with Crippen LogP contribution in [0.1, 0.15) is 22.3 Å². The van der Waals surface area contributed by atoms with Gasteiger partial charge in [-0.15, -0.1) is 0 Å². The number of aliphatic carboxylic acids is 1. The molecule has 0 saturated heterocycles. The van der Waals surface area contributed by atoms with Gasteiger partial charge < -0.3 is 16.2 Å². The second-order valence-corrected chi connectivity index (χ2v) is 3.85. The van der Waals surface area contributed by atoms with E-state index < -0.39 is 30.2 Å². The van der Waals surface area contributed by atoms with Gasteiger partial charge in [-0.25, -0.2) is 4.79 Å². The van der Waals surface area contributed by atoms with Crippen LogP contribution in [0, 0.1) is 6.92 Å². The van der Waals surface area contributed by atoms with Crippen LogP contribution >= 0.6 is 0 Å². The van der Waals surface area contributed by atoms with E-state index in [9.17, 15) is 14.4 Å². The SMILES string of the molecule is Cc1ccccc1C(=O)N[C@H](CC(N)=O)C(=O)O. The summed E-state index contributed by atoms with van der Waals surface area (Å²) in [7, 11) is 0. The Hall–Kier alpha value is -2.37. The molecule has 0 aliphatic carbocycles. The van der Waals surface area contributed by atoms with Crippen molar-refractivity contribution in [1.82, 2.24) is 5.32 Å². The highest BCUT2D eigenvalue weighted by Crippen LogP contribution is 2.07. The van der Waals surface area contributed by atoms with Gasteiger partial charge in [0.25, 0.3) is 5.91 Å². The molecule has 2 amide bonds. The Morgan fingerprint density at radius 1 is 1.33 bits per heavy atom. The van der Waals surface area contributed by atoms with Crippen molar-refractivity contribution < 1.29 is 19.5 Å². The minimum absolute atomic E-state index is 0.369. The predicted octanol–water partition coefficient (Wildman–Crippen LogP) is 0.0534. The van der Waals surface area contributed by atoms with E-state index in [4.69, 9.17) is 10.8 Å². The van der Waals surface area contributed by atoms with E-state index in [2.05, 4.69) is 5.32 Å². The fourth-order valence-electron chi connectivity index (χ4n) is 1.46. The summed E-state index contributed by atoms with van der Waals surface area (Å²) in [5.74, 6) is -2.62. The zero-order valence-electron chi connectivity index (χ0n) is 9.84. The first kappa shape index (κ1) is 13.7. The molecule has 0 radical (unpaired) electrons. The maximum absolute atomic E-state index is 11.8. The zero-order chi connectivity index (χ0) is 13.7. The number of hydrogen-bond acceptors (Lipinski definition) is 3. The highest BCUT2D eigenvalue weighted by molar-refractivity contribution is 5.98. The van der Waals surface area contributed by atoms with E-state index >= 15 is 0 Å². The average Bonchev–Trinajstić information content (AvgIpc) is 2.27. The van der Waals surface area contributed by atoms with Crippen molar-refractivity contribution in [3.05, 3.63) is 35.4 Å². The number of carbonyl (C=O) groups excluding carboxylic acids is 2. The minimum atomic E-state index is -1.31. The predicted molar refractivity (Wildman–Crippen MR) is 63.9 cm³/mol. The van der Waals surface area contributed by atoms with Gasteiger partial charge in [0.2, 0.25) is 5.91 Å². The number of benzene rings is 1. The Morgan fingerprint density at radius 2 is 1.94 bits per heavy atom. The highest BCUT2D eigenvalue weighted by atomic mass is 16.4. The third-order valence-corrected chi connectivity index (χ3v) is 2.40. The van der Waals surface area contributed by atoms with Crippen LogP contribution in [-0.2, 0) is 9.59 Å². The van der Waals surface area contributed by atoms with Crippen molar-refractivity contribution in [3.63, 3.8) is 0 Å². The van der Waals surface area contributed by atoms with Crippen LogP contribution in [0.15, 0.2) is 24.3 Å². The summed E-state index contributed by atoms with van der Waals surface area (Å²) in [6.45, 7) is 1.73. The smallest absolute Gasteiger partial charge is 0.326 e. The lowest BCUT2D eigenvalue weighted by Crippen LogP contribution is -2.43. The third kappa shape index (κ3) is 3.58. The zero-order valence-corrected chi connectivity index (χ0v) is 9.84. The molecule has 0 unspecified atom stereocenters. The number of nitrogens with two attached hydrogens (primary N) is 1. The van der Waals surface area contributed by atoms with Gasteiger partial charge in [-0.05, 0) is 18.6 Å². The molecule has 96 valence electrons. The number of hydrogen-bond donors (Lipinski definition) is 3. The maximum atomic E-state index is 11.8. The molecule has 0 heterocycles. The van der Waals surface area contributed by atoms with Crippen molar-refractivity contribution in [2.24, 2.45) is 5.73 Å². The largest absolute Gasteiger partial charge is 0.480 e. The van der Waals surface area contributed by atoms with E-state index in [1.165, 1.54) is 0 Å². The molecule has 18 heavy (non-hydrogen) atoms. The van der Waals surface area contributed by atoms with Gasteiger partial charge in [-0.2, -0.15) is 0 Å². The summed E-state index contributed by atoms with van der Waals surface area (Å²) < 4.78 is 0. The summed E-state index contributed by atoms with van der Waals surface area (Å²) in [6, 6.07) is 5.44. The first-order valence-corrected chi connectivity index (χ1v) is 5.29. The van der Waals surface area contributed by atoms with Crippen molar-refractivity contribution >= 4 is 17.8 Å². The number of carboxylic acids is 1. The maximum Gasteiger partial charge on any atom is 0.326 e. The normalized spacial score (nSPS) is 11.6. The molecule has 1 atom stereocenters. The molecule has 0 saturated carbocycles. The van der Waals surface area contributed by atoms with E-state index in [1.807, 2.05) is 0 Å². The molecule has 6 heteroatoms. The lowest BCUT2D eigenvalue weighted by atomic mass is 10.1. The second kappa shape index (κ2) is 5.81. The van der Waals surface area contributed by atoms with Gasteiger partial charge in [0, 0.05) is 5.56 Å². The Kier molecular flexibility index (Phi) is 4.42. The van der Waals surface area contributed by atoms with Gasteiger partial charge in [-0.1, -0.05) is 18.2 Å². The number of nitrogens with one attached hydrogen (secondary N) is 1. The average molecular weight is 250 g/mol. The van der Waals surface area contributed by atoms with Crippen LogP contribution in [0.3, 0.4) is 0 Å². The van der Waals surface area contributed by atoms with Crippen molar-refractivity contribution in [3.8, 4) is 0 Å². The molecule has 1 aromatic carbocycles. The highest BCUT2D eigenvalue weighted by Gasteiger charge is 2.23. The second-order valence-electron chi connectivity index (χ2n) is 3.85. The van der Waals surface area contributed by atoms with Crippen LogP contribution < -0.4 is 11.1 Å². The number of amides is 2. The number of rotatable bonds is 5. The molecule has 6 nitrogen and oxygen atoms in total. The summed E-state index contributed by atoms with van der Waals surface area (Å²) in [4.78, 5) is 33.4. The molecule has 0 aliphatic rings. The monoisotopic (exact) mass is 250 g/mol. The van der Waals surface area contributed by atoms with Crippen LogP contribution in [0.5, 0.6) is 0 Å². The summed E-state index contributed by atoms with van der Waals surface area (Å²) in [5.41, 5.74) is 6.01. The minimum Gasteiger partial charge on any atom is -0.480 e. The first-order valence-electron chi connectivity index (χ1n) is 5.29. The Morgan fingerprint density at radius 3 is 2.44 bits per heavy atom. The molecule has 0 aliphatic heterocycles. The van der Waals surface area contributed by atoms with Crippen molar-refractivity contribution in [1.29, 1.82) is 0 Å². The van der Waals surface area contributed by atoms with E-state index in [1.54, 1.807) is 31.2 Å². The molecular formula is C12H14N2O4. The van der Waals surface area contributed by atoms with Crippen LogP contribution in [-0.4, -0.2) is 28.9 Å². The molecule has 0 bridgehead atoms. The standard InChI is InChI=1S/C12H14N2O4/c1-7-4-2-3-5-8(7)11(16)14-9(12(17)18)6-10(13)15/h2-5,9H,6H2,1H3,(H2,13,15)(H,14,16)(H,17,18)/t9-/m1/s1. The first-order chi connectivity index (χ1) is 8.41. The molecule has 4 N–H and O–H groups in total. The third-order valence-electron chi connectivity index (χ3n) is 2.40. The molecule has 1 rings (SSSR count). The molecule has 0 fully saturated rings. The Balaban J connectivity index is 2.82. The van der Waals surface area contributed by atoms with E-state index in [0.717, 1.165) is 5.56 Å². The fraction of sp³-hybridized carbons (Fsp3) is 0.250. The van der Waals surface area contributed by atoms with E-state index in [-0.39, 0.29) is 0 Å². The Labute approximate surface area is 104 Å². The molecule has 0 spiro atoms. The van der Waals surface area contributed by atoms with Crippen LogP contribution in [0.25, 0.3) is 0 Å². The number of carbonyl (C=O) groups is 3. The summed E-state index contributed by atoms with van der Waals surface area (Å²) in [6.07, 6.45) is -0.438. The molecule has 1 aromatic rings. The number of aryl methyl sites for hydroxylation is 1. The van der Waals surface area contributed by atoms with Crippen molar-refractivity contribution in [2.75, 3.05) is 0 Å². The van der Waals surface area contributed by atoms with E-state index in [0.29, 0.717) is 5.56 Å². The van der Waals surface area contributed by atoms with Gasteiger partial charge in [-0.3, -0.25) is 9.59 Å². The van der Waals surface area contributed by atoms with Gasteiger partial charge >= 0.3 is 5.97 Å². The topological polar surface area (TPSA) is 109 Å². The quantitative estimate of drug-likeness (QED) is 0.686. The van der Waals surface area contributed by atoms with Gasteiger partial charge in [0.1, 0.15) is 6.04 Å². The fourth-order valence-corrected chi connectivity index (χ4v) is 1.46. The number of primary amides is 1. The molecule has 0 aromatic heterocycles. The Bertz CT molecular complexity index is 485. The summed E-state index contributed by atoms with van der Waals surface area (Å²) in [5, 5.41) is 11.1. The van der Waals surface area contributed by atoms with Gasteiger partial charge in [0.15, 0.2) is 0 Å².